The molecule has 7 heteroatoms. The van der Waals surface area contributed by atoms with Gasteiger partial charge in [0.1, 0.15) is 17.4 Å². The first kappa shape index (κ1) is 23.6. The molecule has 0 aliphatic heterocycles. The van der Waals surface area contributed by atoms with E-state index in [0.29, 0.717) is 36.0 Å². The minimum atomic E-state index is -0.0809. The number of carbonyl (C=O) groups excluding carboxylic acids is 1. The summed E-state index contributed by atoms with van der Waals surface area (Å²) in [6.45, 7) is 11.0. The van der Waals surface area contributed by atoms with Gasteiger partial charge in [0.15, 0.2) is 0 Å². The smallest absolute Gasteiger partial charge is 0.223 e. The summed E-state index contributed by atoms with van der Waals surface area (Å²) in [5.74, 6) is 0.817. The van der Waals surface area contributed by atoms with Crippen molar-refractivity contribution in [2.75, 3.05) is 0 Å². The van der Waals surface area contributed by atoms with Crippen LogP contribution in [0.2, 0.25) is 5.02 Å². The van der Waals surface area contributed by atoms with Crippen molar-refractivity contribution in [2.45, 2.75) is 73.3 Å². The zero-order valence-corrected chi connectivity index (χ0v) is 19.4. The average Bonchev–Trinajstić information content (AvgIpc) is 3.11. The van der Waals surface area contributed by atoms with Crippen molar-refractivity contribution in [3.05, 3.63) is 44.9 Å². The van der Waals surface area contributed by atoms with Gasteiger partial charge in [-0.1, -0.05) is 39.3 Å². The van der Waals surface area contributed by atoms with Crippen molar-refractivity contribution in [1.82, 2.24) is 9.88 Å². The van der Waals surface area contributed by atoms with E-state index >= 15 is 0 Å². The Morgan fingerprint density at radius 3 is 2.69 bits per heavy atom. The number of ether oxygens (including phenoxy) is 1. The number of hydrogen-bond acceptors (Lipinski definition) is 5. The lowest BCUT2D eigenvalue weighted by molar-refractivity contribution is -0.135. The van der Waals surface area contributed by atoms with Gasteiger partial charge in [0.2, 0.25) is 5.91 Å². The second-order valence-electron chi connectivity index (χ2n) is 8.45. The van der Waals surface area contributed by atoms with E-state index in [4.69, 9.17) is 21.4 Å². The molecule has 0 bridgehead atoms. The summed E-state index contributed by atoms with van der Waals surface area (Å²) >= 11 is 7.69. The summed E-state index contributed by atoms with van der Waals surface area (Å²) in [6, 6.07) is 5.59. The number of thiazole rings is 1. The molecular formula is C22H31ClN2O3S. The quantitative estimate of drug-likeness (QED) is 0.566. The monoisotopic (exact) mass is 438 g/mol. The van der Waals surface area contributed by atoms with Gasteiger partial charge in [-0.05, 0) is 37.0 Å². The molecular weight excluding hydrogens is 408 g/mol. The summed E-state index contributed by atoms with van der Waals surface area (Å²) in [6.07, 6.45) is 1.35. The molecule has 1 atom stereocenters. The molecule has 1 aromatic carbocycles. The fourth-order valence-electron chi connectivity index (χ4n) is 2.89. The van der Waals surface area contributed by atoms with Crippen LogP contribution in [0.5, 0.6) is 5.75 Å². The fraction of sp³-hybridized carbons (Fsp3) is 0.545. The Balaban J connectivity index is 2.21. The largest absolute Gasteiger partial charge is 0.486 e. The predicted octanol–water partition coefficient (Wildman–Crippen LogP) is 5.43. The molecule has 29 heavy (non-hydrogen) atoms. The summed E-state index contributed by atoms with van der Waals surface area (Å²) in [5, 5.41) is 12.4. The molecule has 0 saturated carbocycles. The number of aromatic nitrogens is 1. The molecule has 2 aromatic rings. The van der Waals surface area contributed by atoms with Crippen molar-refractivity contribution >= 4 is 28.8 Å². The van der Waals surface area contributed by atoms with Crippen molar-refractivity contribution in [3.63, 3.8) is 0 Å². The van der Waals surface area contributed by atoms with Gasteiger partial charge < -0.3 is 14.7 Å². The van der Waals surface area contributed by atoms with E-state index < -0.39 is 0 Å². The molecule has 1 heterocycles. The summed E-state index contributed by atoms with van der Waals surface area (Å²) < 4.78 is 6.00. The van der Waals surface area contributed by atoms with E-state index in [0.717, 1.165) is 17.0 Å². The maximum atomic E-state index is 13.0. The van der Waals surface area contributed by atoms with Crippen LogP contribution in [0.1, 0.15) is 63.7 Å². The van der Waals surface area contributed by atoms with E-state index in [9.17, 15) is 4.79 Å². The number of hydrogen-bond donors (Lipinski definition) is 1. The Bertz CT molecular complexity index is 817. The van der Waals surface area contributed by atoms with Crippen LogP contribution in [-0.2, 0) is 24.6 Å². The van der Waals surface area contributed by atoms with Crippen LogP contribution in [0.4, 0.5) is 0 Å². The number of rotatable bonds is 9. The Morgan fingerprint density at radius 2 is 2.10 bits per heavy atom. The fourth-order valence-corrected chi connectivity index (χ4v) is 3.78. The third kappa shape index (κ3) is 7.28. The van der Waals surface area contributed by atoms with E-state index in [-0.39, 0.29) is 24.0 Å². The SMILES string of the molecule is CC[C@@H](C)N(Cc1cc(Cl)ccc1OCc1nc(CO)cs1)C(=O)CC(C)(C)C. The molecule has 0 saturated heterocycles. The highest BCUT2D eigenvalue weighted by molar-refractivity contribution is 7.09. The Labute approximate surface area is 182 Å². The summed E-state index contributed by atoms with van der Waals surface area (Å²) in [7, 11) is 0. The minimum Gasteiger partial charge on any atom is -0.486 e. The van der Waals surface area contributed by atoms with Gasteiger partial charge in [0.05, 0.1) is 12.3 Å². The van der Waals surface area contributed by atoms with Gasteiger partial charge in [-0.2, -0.15) is 0 Å². The van der Waals surface area contributed by atoms with E-state index in [2.05, 4.69) is 39.6 Å². The van der Waals surface area contributed by atoms with Crippen LogP contribution in [0.25, 0.3) is 0 Å². The summed E-state index contributed by atoms with van der Waals surface area (Å²) in [4.78, 5) is 19.2. The Kier molecular flexibility index (Phi) is 8.49. The normalized spacial score (nSPS) is 12.7. The third-order valence-electron chi connectivity index (χ3n) is 4.60. The number of halogens is 1. The van der Waals surface area contributed by atoms with Gasteiger partial charge in [0.25, 0.3) is 0 Å². The second-order valence-corrected chi connectivity index (χ2v) is 9.83. The summed E-state index contributed by atoms with van der Waals surface area (Å²) in [5.41, 5.74) is 1.44. The molecule has 0 aliphatic rings. The molecule has 0 aliphatic carbocycles. The Hall–Kier alpha value is -1.63. The van der Waals surface area contributed by atoms with Crippen LogP contribution in [-0.4, -0.2) is 26.9 Å². The number of aliphatic hydroxyl groups excluding tert-OH is 1. The maximum absolute atomic E-state index is 13.0. The van der Waals surface area contributed by atoms with E-state index in [1.807, 2.05) is 22.4 Å². The van der Waals surface area contributed by atoms with Gasteiger partial charge >= 0.3 is 0 Å². The van der Waals surface area contributed by atoms with Crippen molar-refractivity contribution < 1.29 is 14.6 Å². The van der Waals surface area contributed by atoms with Crippen LogP contribution < -0.4 is 4.74 Å². The van der Waals surface area contributed by atoms with Gasteiger partial charge in [-0.15, -0.1) is 11.3 Å². The molecule has 1 amide bonds. The molecule has 1 aromatic heterocycles. The maximum Gasteiger partial charge on any atom is 0.223 e. The van der Waals surface area contributed by atoms with Crippen molar-refractivity contribution in [3.8, 4) is 5.75 Å². The van der Waals surface area contributed by atoms with Crippen molar-refractivity contribution in [1.29, 1.82) is 0 Å². The lowest BCUT2D eigenvalue weighted by Gasteiger charge is -2.32. The number of nitrogens with zero attached hydrogens (tertiary/aromatic N) is 2. The standard InChI is InChI=1S/C22H31ClN2O3S/c1-6-15(2)25(21(27)10-22(3,4)5)11-16-9-17(23)7-8-19(16)28-13-20-24-18(12-26)14-29-20/h7-9,14-15,26H,6,10-13H2,1-5H3/t15-/m1/s1. The van der Waals surface area contributed by atoms with Crippen LogP contribution in [0.15, 0.2) is 23.6 Å². The molecule has 0 unspecified atom stereocenters. The molecule has 2 rings (SSSR count). The molecule has 0 radical (unpaired) electrons. The topological polar surface area (TPSA) is 62.7 Å². The average molecular weight is 439 g/mol. The lowest BCUT2D eigenvalue weighted by atomic mass is 9.91. The first-order valence-electron chi connectivity index (χ1n) is 9.87. The van der Waals surface area contributed by atoms with Crippen LogP contribution >= 0.6 is 22.9 Å². The van der Waals surface area contributed by atoms with Gasteiger partial charge in [-0.25, -0.2) is 4.98 Å². The molecule has 0 spiro atoms. The van der Waals surface area contributed by atoms with Gasteiger partial charge in [-0.3, -0.25) is 4.79 Å². The number of carbonyl (C=O) groups is 1. The number of aliphatic hydroxyl groups is 1. The highest BCUT2D eigenvalue weighted by Gasteiger charge is 2.25. The van der Waals surface area contributed by atoms with E-state index in [1.54, 1.807) is 6.07 Å². The molecule has 1 N–H and O–H groups in total. The molecule has 160 valence electrons. The first-order chi connectivity index (χ1) is 13.6. The highest BCUT2D eigenvalue weighted by Crippen LogP contribution is 2.28. The number of amides is 1. The lowest BCUT2D eigenvalue weighted by Crippen LogP contribution is -2.39. The van der Waals surface area contributed by atoms with E-state index in [1.165, 1.54) is 11.3 Å². The zero-order valence-electron chi connectivity index (χ0n) is 17.9. The third-order valence-corrected chi connectivity index (χ3v) is 5.71. The second kappa shape index (κ2) is 10.4. The minimum absolute atomic E-state index is 0.0777. The zero-order chi connectivity index (χ0) is 21.6. The van der Waals surface area contributed by atoms with Gasteiger partial charge in [0, 0.05) is 35.0 Å². The highest BCUT2D eigenvalue weighted by atomic mass is 35.5. The Morgan fingerprint density at radius 1 is 1.38 bits per heavy atom. The first-order valence-corrected chi connectivity index (χ1v) is 11.1. The predicted molar refractivity (Wildman–Crippen MR) is 118 cm³/mol. The van der Waals surface area contributed by atoms with Crippen LogP contribution in [0, 0.1) is 5.41 Å². The molecule has 5 nitrogen and oxygen atoms in total. The van der Waals surface area contributed by atoms with Crippen LogP contribution in [0.3, 0.4) is 0 Å². The van der Waals surface area contributed by atoms with Crippen molar-refractivity contribution in [2.24, 2.45) is 5.41 Å². The number of benzene rings is 1. The molecule has 0 fully saturated rings.